The molecule has 2 N–H and O–H groups in total. The van der Waals surface area contributed by atoms with Gasteiger partial charge in [0.2, 0.25) is 5.91 Å². The summed E-state index contributed by atoms with van der Waals surface area (Å²) in [6.07, 6.45) is 1.02. The maximum atomic E-state index is 12.7. The average Bonchev–Trinajstić information content (AvgIpc) is 2.64. The highest BCUT2D eigenvalue weighted by molar-refractivity contribution is 5.95. The molecule has 134 valence electrons. The third kappa shape index (κ3) is 3.31. The van der Waals surface area contributed by atoms with E-state index in [1.165, 1.54) is 0 Å². The first-order chi connectivity index (χ1) is 12.5. The van der Waals surface area contributed by atoms with Crippen molar-refractivity contribution in [2.45, 2.75) is 32.4 Å². The fourth-order valence-corrected chi connectivity index (χ4v) is 3.18. The largest absolute Gasteiger partial charge is 0.480 e. The van der Waals surface area contributed by atoms with Crippen molar-refractivity contribution in [3.05, 3.63) is 58.8 Å². The number of amides is 1. The van der Waals surface area contributed by atoms with Gasteiger partial charge in [0.1, 0.15) is 12.6 Å². The summed E-state index contributed by atoms with van der Waals surface area (Å²) in [6, 6.07) is 13.3. The summed E-state index contributed by atoms with van der Waals surface area (Å²) in [6.45, 7) is 1.81. The first kappa shape index (κ1) is 17.7. The number of carboxylic acids is 1. The third-order valence-electron chi connectivity index (χ3n) is 4.39. The molecule has 1 aromatic heterocycles. The minimum atomic E-state index is -1.05. The summed E-state index contributed by atoms with van der Waals surface area (Å²) in [7, 11) is 0. The van der Waals surface area contributed by atoms with Gasteiger partial charge in [-0.3, -0.25) is 9.59 Å². The van der Waals surface area contributed by atoms with Crippen LogP contribution in [0, 0.1) is 0 Å². The Morgan fingerprint density at radius 3 is 2.08 bits per heavy atom. The number of rotatable bonds is 6. The van der Waals surface area contributed by atoms with Crippen molar-refractivity contribution in [3.8, 4) is 0 Å². The minimum absolute atomic E-state index is 0.0607. The van der Waals surface area contributed by atoms with Crippen LogP contribution >= 0.6 is 0 Å². The lowest BCUT2D eigenvalue weighted by Crippen LogP contribution is -2.42. The first-order valence-corrected chi connectivity index (χ1v) is 8.55. The lowest BCUT2D eigenvalue weighted by molar-refractivity contribution is -0.142. The molecule has 26 heavy (non-hydrogen) atoms. The van der Waals surface area contributed by atoms with Gasteiger partial charge in [-0.15, -0.1) is 0 Å². The smallest absolute Gasteiger partial charge is 0.326 e. The van der Waals surface area contributed by atoms with E-state index in [0.29, 0.717) is 34.6 Å². The summed E-state index contributed by atoms with van der Waals surface area (Å²) < 4.78 is 1.76. The van der Waals surface area contributed by atoms with Crippen LogP contribution in [0.2, 0.25) is 0 Å². The molecule has 1 heterocycles. The molecule has 0 aliphatic heterocycles. The summed E-state index contributed by atoms with van der Waals surface area (Å²) in [5.74, 6) is -1.44. The van der Waals surface area contributed by atoms with Crippen LogP contribution in [0.25, 0.3) is 21.8 Å². The van der Waals surface area contributed by atoms with Crippen LogP contribution in [-0.4, -0.2) is 27.6 Å². The number of benzene rings is 2. The Morgan fingerprint density at radius 1 is 1.04 bits per heavy atom. The van der Waals surface area contributed by atoms with Crippen LogP contribution in [0.4, 0.5) is 0 Å². The zero-order valence-corrected chi connectivity index (χ0v) is 14.4. The molecule has 0 spiro atoms. The maximum absolute atomic E-state index is 12.7. The predicted molar refractivity (Wildman–Crippen MR) is 100 cm³/mol. The molecule has 1 atom stereocenters. The maximum Gasteiger partial charge on any atom is 0.326 e. The molecule has 2 aromatic carbocycles. The molecule has 0 radical (unpaired) electrons. The van der Waals surface area contributed by atoms with Crippen molar-refractivity contribution in [1.82, 2.24) is 9.88 Å². The summed E-state index contributed by atoms with van der Waals surface area (Å²) in [4.78, 5) is 36.5. The Morgan fingerprint density at radius 2 is 1.58 bits per heavy atom. The lowest BCUT2D eigenvalue weighted by atomic mass is 10.1. The van der Waals surface area contributed by atoms with Gasteiger partial charge in [0.05, 0.1) is 11.0 Å². The van der Waals surface area contributed by atoms with E-state index in [4.69, 9.17) is 0 Å². The number of hydrogen-bond donors (Lipinski definition) is 2. The predicted octanol–water partition coefficient (Wildman–Crippen LogP) is 2.52. The van der Waals surface area contributed by atoms with Gasteiger partial charge in [0, 0.05) is 10.8 Å². The minimum Gasteiger partial charge on any atom is -0.480 e. The molecule has 0 aliphatic rings. The van der Waals surface area contributed by atoms with E-state index in [1.807, 2.05) is 19.1 Å². The topological polar surface area (TPSA) is 88.4 Å². The fourth-order valence-electron chi connectivity index (χ4n) is 3.18. The second-order valence-electron chi connectivity index (χ2n) is 6.20. The van der Waals surface area contributed by atoms with Gasteiger partial charge in [0.25, 0.3) is 0 Å². The van der Waals surface area contributed by atoms with Gasteiger partial charge >= 0.3 is 5.97 Å². The molecule has 0 unspecified atom stereocenters. The number of pyridine rings is 1. The Hall–Kier alpha value is -3.15. The van der Waals surface area contributed by atoms with Gasteiger partial charge in [-0.1, -0.05) is 37.6 Å². The van der Waals surface area contributed by atoms with Gasteiger partial charge in [-0.25, -0.2) is 4.79 Å². The average molecular weight is 352 g/mol. The van der Waals surface area contributed by atoms with Crippen molar-refractivity contribution in [2.24, 2.45) is 0 Å². The number of nitrogens with zero attached hydrogens (tertiary/aromatic N) is 1. The second-order valence-corrected chi connectivity index (χ2v) is 6.20. The highest BCUT2D eigenvalue weighted by Crippen LogP contribution is 2.19. The Kier molecular flexibility index (Phi) is 5.02. The number of hydrogen-bond acceptors (Lipinski definition) is 3. The van der Waals surface area contributed by atoms with E-state index in [2.05, 4.69) is 5.32 Å². The summed E-state index contributed by atoms with van der Waals surface area (Å²) in [5, 5.41) is 12.9. The summed E-state index contributed by atoms with van der Waals surface area (Å²) in [5.41, 5.74) is 1.21. The zero-order chi connectivity index (χ0) is 18.7. The number of carbonyl (C=O) groups is 2. The third-order valence-corrected chi connectivity index (χ3v) is 4.39. The molecule has 0 saturated carbocycles. The van der Waals surface area contributed by atoms with Crippen molar-refractivity contribution >= 4 is 33.7 Å². The monoisotopic (exact) mass is 352 g/mol. The number of nitrogens with one attached hydrogen (secondary N) is 1. The Labute approximate surface area is 150 Å². The number of fused-ring (bicyclic) bond motifs is 2. The molecule has 0 fully saturated rings. The van der Waals surface area contributed by atoms with E-state index in [9.17, 15) is 19.5 Å². The lowest BCUT2D eigenvalue weighted by Gasteiger charge is -2.17. The molecule has 3 aromatic rings. The Bertz CT molecular complexity index is 979. The van der Waals surface area contributed by atoms with Gasteiger partial charge < -0.3 is 15.0 Å². The number of para-hydroxylation sites is 2. The van der Waals surface area contributed by atoms with E-state index in [0.717, 1.165) is 0 Å². The van der Waals surface area contributed by atoms with Crippen molar-refractivity contribution in [2.75, 3.05) is 0 Å². The normalized spacial score (nSPS) is 12.2. The molecular formula is C20H20N2O4. The molecule has 6 nitrogen and oxygen atoms in total. The molecule has 0 bridgehead atoms. The number of carbonyl (C=O) groups excluding carboxylic acids is 1. The summed E-state index contributed by atoms with van der Waals surface area (Å²) >= 11 is 0. The number of aromatic nitrogens is 1. The first-order valence-electron chi connectivity index (χ1n) is 8.55. The molecule has 3 rings (SSSR count). The van der Waals surface area contributed by atoms with E-state index in [1.54, 1.807) is 41.0 Å². The molecule has 6 heteroatoms. The standard InChI is InChI=1S/C20H20N2O4/c1-2-7-15(20(25)26)21-18(23)12-22-16-10-5-3-8-13(16)19(24)14-9-4-6-11-17(14)22/h3-6,8-11,15H,2,7,12H2,1H3,(H,21,23)(H,25,26)/t15-/m1/s1. The van der Waals surface area contributed by atoms with Gasteiger partial charge in [-0.2, -0.15) is 0 Å². The van der Waals surface area contributed by atoms with Crippen molar-refractivity contribution in [3.63, 3.8) is 0 Å². The van der Waals surface area contributed by atoms with E-state index < -0.39 is 17.9 Å². The van der Waals surface area contributed by atoms with Crippen molar-refractivity contribution in [1.29, 1.82) is 0 Å². The van der Waals surface area contributed by atoms with Crippen LogP contribution in [0.3, 0.4) is 0 Å². The second kappa shape index (κ2) is 7.39. The van der Waals surface area contributed by atoms with Gasteiger partial charge in [0.15, 0.2) is 5.43 Å². The highest BCUT2D eigenvalue weighted by Gasteiger charge is 2.20. The van der Waals surface area contributed by atoms with E-state index >= 15 is 0 Å². The van der Waals surface area contributed by atoms with Crippen molar-refractivity contribution < 1.29 is 14.7 Å². The fraction of sp³-hybridized carbons (Fsp3) is 0.250. The SMILES string of the molecule is CCC[C@@H](NC(=O)Cn1c2ccccc2c(=O)c2ccccc21)C(=O)O. The van der Waals surface area contributed by atoms with Gasteiger partial charge in [-0.05, 0) is 30.7 Å². The van der Waals surface area contributed by atoms with Crippen LogP contribution in [0.1, 0.15) is 19.8 Å². The molecule has 1 amide bonds. The highest BCUT2D eigenvalue weighted by atomic mass is 16.4. The zero-order valence-electron chi connectivity index (χ0n) is 14.4. The molecule has 0 saturated heterocycles. The Balaban J connectivity index is 2.06. The van der Waals surface area contributed by atoms with Crippen LogP contribution in [0.5, 0.6) is 0 Å². The van der Waals surface area contributed by atoms with Crippen LogP contribution in [0.15, 0.2) is 53.3 Å². The van der Waals surface area contributed by atoms with E-state index in [-0.39, 0.29) is 12.0 Å². The molecule has 0 aliphatic carbocycles. The quantitative estimate of drug-likeness (QED) is 0.667. The number of carboxylic acid groups (broad SMARTS) is 1. The number of aliphatic carboxylic acids is 1. The van der Waals surface area contributed by atoms with Crippen LogP contribution in [-0.2, 0) is 16.1 Å². The molecular weight excluding hydrogens is 332 g/mol. The van der Waals surface area contributed by atoms with Crippen LogP contribution < -0.4 is 10.7 Å².